The molecule has 0 amide bonds. The van der Waals surface area contributed by atoms with Gasteiger partial charge in [0.25, 0.3) is 0 Å². The van der Waals surface area contributed by atoms with Gasteiger partial charge in [0.05, 0.1) is 19.0 Å². The first kappa shape index (κ1) is 20.6. The lowest BCUT2D eigenvalue weighted by Crippen LogP contribution is -2.25. The number of aliphatic hydroxyl groups is 1. The van der Waals surface area contributed by atoms with E-state index in [1.165, 1.54) is 0 Å². The second-order valence-electron chi connectivity index (χ2n) is 7.38. The summed E-state index contributed by atoms with van der Waals surface area (Å²) < 4.78 is 7.79. The molecule has 1 unspecified atom stereocenters. The van der Waals surface area contributed by atoms with Gasteiger partial charge in [-0.25, -0.2) is 4.98 Å². The fraction of sp³-hybridized carbons (Fsp3) is 0.409. The molecule has 156 valence electrons. The molecule has 1 aromatic carbocycles. The Morgan fingerprint density at radius 1 is 1.30 bits per heavy atom. The maximum atomic E-state index is 9.37. The summed E-state index contributed by atoms with van der Waals surface area (Å²) in [6.45, 7) is 3.57. The number of terminal acetylenes is 1. The quantitative estimate of drug-likeness (QED) is 0.461. The number of benzene rings is 1. The van der Waals surface area contributed by atoms with Crippen molar-refractivity contribution < 1.29 is 9.84 Å². The average molecular weight is 426 g/mol. The van der Waals surface area contributed by atoms with Crippen LogP contribution in [-0.2, 0) is 11.3 Å². The Bertz CT molecular complexity index is 1060. The lowest BCUT2D eigenvalue weighted by atomic mass is 10.1. The lowest BCUT2D eigenvalue weighted by molar-refractivity contribution is -0.0207. The number of fused-ring (bicyclic) bond motifs is 1. The molecule has 3 heterocycles. The number of rotatable bonds is 7. The first-order valence-electron chi connectivity index (χ1n) is 10.1. The van der Waals surface area contributed by atoms with Gasteiger partial charge in [0.15, 0.2) is 17.0 Å². The van der Waals surface area contributed by atoms with Crippen LogP contribution in [0.4, 0.5) is 5.82 Å². The summed E-state index contributed by atoms with van der Waals surface area (Å²) in [5, 5.41) is 9.54. The third-order valence-electron chi connectivity index (χ3n) is 5.26. The van der Waals surface area contributed by atoms with Crippen molar-refractivity contribution in [3.05, 3.63) is 47.0 Å². The normalized spacial score (nSPS) is 18.6. The van der Waals surface area contributed by atoms with Crippen LogP contribution in [0.2, 0.25) is 5.28 Å². The standard InChI is InChI=1S/C22H24ClN5O2/c1-3-11-27(12-16-7-5-15(4-2)6-8-16)20-19-21(26-22(23)25-20)28(14-24-19)18-10-9-17(13-29)30-18/h2,5-8,14,17-18,29H,3,9-13H2,1H3/t17-,18?/m0/s1. The Morgan fingerprint density at radius 2 is 2.10 bits per heavy atom. The fourth-order valence-corrected chi connectivity index (χ4v) is 3.95. The average Bonchev–Trinajstić information content (AvgIpc) is 3.40. The van der Waals surface area contributed by atoms with Crippen LogP contribution in [0.5, 0.6) is 0 Å². The minimum absolute atomic E-state index is 0.00681. The Balaban J connectivity index is 1.69. The van der Waals surface area contributed by atoms with Crippen LogP contribution in [0, 0.1) is 12.3 Å². The number of halogens is 1. The molecule has 1 fully saturated rings. The van der Waals surface area contributed by atoms with Gasteiger partial charge in [-0.05, 0) is 48.6 Å². The van der Waals surface area contributed by atoms with E-state index in [9.17, 15) is 5.11 Å². The third kappa shape index (κ3) is 4.12. The Hall–Kier alpha value is -2.66. The van der Waals surface area contributed by atoms with Crippen LogP contribution in [0.15, 0.2) is 30.6 Å². The number of anilines is 1. The molecular formula is C22H24ClN5O2. The highest BCUT2D eigenvalue weighted by Gasteiger charge is 2.28. The number of ether oxygens (including phenoxy) is 1. The Kier molecular flexibility index (Phi) is 6.18. The van der Waals surface area contributed by atoms with E-state index in [-0.39, 0.29) is 24.2 Å². The molecule has 0 radical (unpaired) electrons. The largest absolute Gasteiger partial charge is 0.394 e. The zero-order chi connectivity index (χ0) is 21.1. The summed E-state index contributed by atoms with van der Waals surface area (Å²) in [5.74, 6) is 3.34. The second-order valence-corrected chi connectivity index (χ2v) is 7.71. The predicted molar refractivity (Wildman–Crippen MR) is 116 cm³/mol. The van der Waals surface area contributed by atoms with Crippen molar-refractivity contribution in [1.82, 2.24) is 19.5 Å². The summed E-state index contributed by atoms with van der Waals surface area (Å²) in [6.07, 6.45) is 9.32. The molecule has 8 heteroatoms. The van der Waals surface area contributed by atoms with Gasteiger partial charge in [-0.2, -0.15) is 9.97 Å². The van der Waals surface area contributed by atoms with Crippen molar-refractivity contribution in [2.75, 3.05) is 18.1 Å². The van der Waals surface area contributed by atoms with Crippen molar-refractivity contribution in [2.45, 2.75) is 45.1 Å². The van der Waals surface area contributed by atoms with Crippen molar-refractivity contribution in [3.8, 4) is 12.3 Å². The van der Waals surface area contributed by atoms with Gasteiger partial charge in [-0.15, -0.1) is 6.42 Å². The fourth-order valence-electron chi connectivity index (χ4n) is 3.79. The smallest absolute Gasteiger partial charge is 0.226 e. The van der Waals surface area contributed by atoms with Crippen molar-refractivity contribution in [3.63, 3.8) is 0 Å². The number of aliphatic hydroxyl groups excluding tert-OH is 1. The van der Waals surface area contributed by atoms with E-state index in [0.29, 0.717) is 23.5 Å². The predicted octanol–water partition coefficient (Wildman–Crippen LogP) is 3.55. The molecule has 1 aliphatic rings. The highest BCUT2D eigenvalue weighted by molar-refractivity contribution is 6.28. The molecule has 3 aromatic rings. The minimum atomic E-state index is -0.220. The highest BCUT2D eigenvalue weighted by atomic mass is 35.5. The molecule has 0 bridgehead atoms. The molecule has 2 aromatic heterocycles. The number of aromatic nitrogens is 4. The van der Waals surface area contributed by atoms with Crippen LogP contribution in [0.3, 0.4) is 0 Å². The van der Waals surface area contributed by atoms with Gasteiger partial charge in [0.2, 0.25) is 5.28 Å². The Labute approximate surface area is 180 Å². The van der Waals surface area contributed by atoms with Crippen LogP contribution in [-0.4, -0.2) is 43.9 Å². The molecule has 1 aliphatic heterocycles. The van der Waals surface area contributed by atoms with Crippen molar-refractivity contribution >= 4 is 28.6 Å². The zero-order valence-corrected chi connectivity index (χ0v) is 17.6. The molecule has 1 N–H and O–H groups in total. The first-order chi connectivity index (χ1) is 14.6. The van der Waals surface area contributed by atoms with E-state index in [4.69, 9.17) is 22.8 Å². The van der Waals surface area contributed by atoms with Crippen molar-refractivity contribution in [1.29, 1.82) is 0 Å². The highest BCUT2D eigenvalue weighted by Crippen LogP contribution is 2.33. The summed E-state index contributed by atoms with van der Waals surface area (Å²) in [4.78, 5) is 15.7. The second kappa shape index (κ2) is 9.00. The summed E-state index contributed by atoms with van der Waals surface area (Å²) in [7, 11) is 0. The SMILES string of the molecule is C#Cc1ccc(CN(CCC)c2nc(Cl)nc3c2ncn3C2CC[C@@H](CO)O2)cc1. The molecule has 30 heavy (non-hydrogen) atoms. The van der Waals surface area contributed by atoms with Gasteiger partial charge in [-0.3, -0.25) is 4.57 Å². The van der Waals surface area contributed by atoms with E-state index < -0.39 is 0 Å². The number of hydrogen-bond acceptors (Lipinski definition) is 6. The molecule has 0 aliphatic carbocycles. The van der Waals surface area contributed by atoms with E-state index in [2.05, 4.69) is 32.7 Å². The molecule has 1 saturated heterocycles. The van der Waals surface area contributed by atoms with E-state index in [1.807, 2.05) is 28.8 Å². The maximum absolute atomic E-state index is 9.37. The van der Waals surface area contributed by atoms with E-state index in [1.54, 1.807) is 6.33 Å². The minimum Gasteiger partial charge on any atom is -0.394 e. The van der Waals surface area contributed by atoms with Crippen LogP contribution < -0.4 is 4.90 Å². The van der Waals surface area contributed by atoms with Gasteiger partial charge in [0.1, 0.15) is 6.23 Å². The molecule has 0 saturated carbocycles. The number of imidazole rings is 1. The van der Waals surface area contributed by atoms with E-state index >= 15 is 0 Å². The van der Waals surface area contributed by atoms with Crippen LogP contribution >= 0.6 is 11.6 Å². The monoisotopic (exact) mass is 425 g/mol. The zero-order valence-electron chi connectivity index (χ0n) is 16.8. The maximum Gasteiger partial charge on any atom is 0.226 e. The van der Waals surface area contributed by atoms with Gasteiger partial charge >= 0.3 is 0 Å². The molecule has 4 rings (SSSR count). The lowest BCUT2D eigenvalue weighted by Gasteiger charge is -2.24. The number of nitrogens with zero attached hydrogens (tertiary/aromatic N) is 5. The molecule has 2 atom stereocenters. The summed E-state index contributed by atoms with van der Waals surface area (Å²) >= 11 is 6.31. The first-order valence-corrected chi connectivity index (χ1v) is 10.5. The molecular weight excluding hydrogens is 402 g/mol. The summed E-state index contributed by atoms with van der Waals surface area (Å²) in [6, 6.07) is 7.92. The van der Waals surface area contributed by atoms with Crippen molar-refractivity contribution in [2.24, 2.45) is 0 Å². The topological polar surface area (TPSA) is 76.3 Å². The number of hydrogen-bond donors (Lipinski definition) is 1. The Morgan fingerprint density at radius 3 is 2.77 bits per heavy atom. The van der Waals surface area contributed by atoms with Gasteiger partial charge < -0.3 is 14.7 Å². The third-order valence-corrected chi connectivity index (χ3v) is 5.43. The molecule has 7 nitrogen and oxygen atoms in total. The van der Waals surface area contributed by atoms with Crippen LogP contribution in [0.25, 0.3) is 11.2 Å². The van der Waals surface area contributed by atoms with Gasteiger partial charge in [0, 0.05) is 18.7 Å². The molecule has 0 spiro atoms. The summed E-state index contributed by atoms with van der Waals surface area (Å²) in [5.41, 5.74) is 3.29. The van der Waals surface area contributed by atoms with E-state index in [0.717, 1.165) is 36.9 Å². The van der Waals surface area contributed by atoms with Crippen LogP contribution in [0.1, 0.15) is 43.5 Å². The van der Waals surface area contributed by atoms with Gasteiger partial charge in [-0.1, -0.05) is 25.0 Å².